The van der Waals surface area contributed by atoms with Crippen molar-refractivity contribution in [1.29, 1.82) is 0 Å². The highest BCUT2D eigenvalue weighted by atomic mass is 16.6. The van der Waals surface area contributed by atoms with Gasteiger partial charge in [-0.15, -0.1) is 0 Å². The van der Waals surface area contributed by atoms with Crippen LogP contribution in [0.3, 0.4) is 0 Å². The molecule has 0 aromatic carbocycles. The van der Waals surface area contributed by atoms with Crippen molar-refractivity contribution >= 4 is 17.9 Å². The van der Waals surface area contributed by atoms with Crippen LogP contribution in [0.15, 0.2) is 0 Å². The van der Waals surface area contributed by atoms with Gasteiger partial charge in [-0.3, -0.25) is 14.4 Å². The van der Waals surface area contributed by atoms with Crippen LogP contribution in [0.4, 0.5) is 0 Å². The molecule has 0 radical (unpaired) electrons. The molecule has 0 bridgehead atoms. The predicted octanol–water partition coefficient (Wildman–Crippen LogP) is 17.3. The van der Waals surface area contributed by atoms with E-state index in [9.17, 15) is 14.4 Å². The molecule has 0 saturated heterocycles. The van der Waals surface area contributed by atoms with Gasteiger partial charge in [-0.05, 0) is 31.1 Å². The summed E-state index contributed by atoms with van der Waals surface area (Å²) in [4.78, 5) is 38.0. The van der Waals surface area contributed by atoms with Crippen LogP contribution in [-0.4, -0.2) is 37.2 Å². The Balaban J connectivity index is 4.27. The second-order valence-electron chi connectivity index (χ2n) is 19.2. The van der Waals surface area contributed by atoms with Crippen molar-refractivity contribution in [2.24, 2.45) is 11.8 Å². The molecule has 0 fully saturated rings. The Kier molecular flexibility index (Phi) is 45.7. The van der Waals surface area contributed by atoms with Crippen molar-refractivity contribution in [3.05, 3.63) is 0 Å². The zero-order chi connectivity index (χ0) is 44.0. The van der Waals surface area contributed by atoms with E-state index in [0.717, 1.165) is 69.6 Å². The van der Waals surface area contributed by atoms with Crippen LogP contribution in [-0.2, 0) is 28.6 Å². The van der Waals surface area contributed by atoms with E-state index in [0.29, 0.717) is 19.3 Å². The lowest BCUT2D eigenvalue weighted by atomic mass is 9.99. The molecule has 0 N–H and O–H groups in total. The van der Waals surface area contributed by atoms with E-state index in [2.05, 4.69) is 34.6 Å². The molecule has 356 valence electrons. The van der Waals surface area contributed by atoms with Crippen molar-refractivity contribution in [3.63, 3.8) is 0 Å². The van der Waals surface area contributed by atoms with Crippen molar-refractivity contribution in [2.45, 2.75) is 304 Å². The summed E-state index contributed by atoms with van der Waals surface area (Å²) in [6.45, 7) is 11.4. The number of ether oxygens (including phenoxy) is 3. The van der Waals surface area contributed by atoms with Crippen LogP contribution in [0, 0.1) is 11.8 Å². The lowest BCUT2D eigenvalue weighted by Crippen LogP contribution is -2.30. The third kappa shape index (κ3) is 45.9. The van der Waals surface area contributed by atoms with E-state index in [1.807, 2.05) is 0 Å². The molecule has 2 atom stereocenters. The molecule has 0 saturated carbocycles. The zero-order valence-corrected chi connectivity index (χ0v) is 41.1. The molecule has 6 heteroatoms. The molecule has 60 heavy (non-hydrogen) atoms. The Labute approximate surface area is 374 Å². The highest BCUT2D eigenvalue weighted by Gasteiger charge is 2.19. The van der Waals surface area contributed by atoms with Gasteiger partial charge in [0, 0.05) is 19.3 Å². The fraction of sp³-hybridized carbons (Fsp3) is 0.944. The number of carbonyl (C=O) groups is 3. The van der Waals surface area contributed by atoms with Crippen LogP contribution >= 0.6 is 0 Å². The number of carbonyl (C=O) groups excluding carboxylic acids is 3. The Morgan fingerprint density at radius 3 is 0.950 bits per heavy atom. The van der Waals surface area contributed by atoms with Crippen molar-refractivity contribution < 1.29 is 28.6 Å². The number of esters is 3. The van der Waals surface area contributed by atoms with Gasteiger partial charge in [0.05, 0.1) is 0 Å². The van der Waals surface area contributed by atoms with Gasteiger partial charge in [-0.25, -0.2) is 0 Å². The van der Waals surface area contributed by atoms with Crippen LogP contribution in [0.1, 0.15) is 298 Å². The summed E-state index contributed by atoms with van der Waals surface area (Å²) in [5.41, 5.74) is 0. The molecular weight excluding hydrogens is 745 g/mol. The highest BCUT2D eigenvalue weighted by Crippen LogP contribution is 2.18. The molecule has 0 rings (SSSR count). The second-order valence-corrected chi connectivity index (χ2v) is 19.2. The fourth-order valence-corrected chi connectivity index (χ4v) is 8.13. The molecule has 0 spiro atoms. The minimum Gasteiger partial charge on any atom is -0.462 e. The SMILES string of the molecule is CCCCCCCCCCCCCCC(=O)OC[C@H](COC(=O)CCCCCCCCCCCCCCCCC(C)CC)OC(=O)CCCCCCCCCCCC(C)C. The molecule has 0 aliphatic carbocycles. The Morgan fingerprint density at radius 1 is 0.350 bits per heavy atom. The summed E-state index contributed by atoms with van der Waals surface area (Å²) < 4.78 is 16.8. The monoisotopic (exact) mass is 849 g/mol. The Bertz CT molecular complexity index is 918. The third-order valence-corrected chi connectivity index (χ3v) is 12.6. The van der Waals surface area contributed by atoms with Gasteiger partial charge in [0.2, 0.25) is 0 Å². The van der Waals surface area contributed by atoms with E-state index < -0.39 is 6.10 Å². The molecule has 0 aliphatic rings. The van der Waals surface area contributed by atoms with E-state index in [4.69, 9.17) is 14.2 Å². The molecule has 0 aliphatic heterocycles. The number of hydrogen-bond donors (Lipinski definition) is 0. The lowest BCUT2D eigenvalue weighted by molar-refractivity contribution is -0.167. The lowest BCUT2D eigenvalue weighted by Gasteiger charge is -2.18. The standard InChI is InChI=1S/C54H104O6/c1-6-8-9-10-11-12-13-19-24-29-34-39-44-52(55)58-47-51(60-54(57)46-41-36-31-26-21-22-27-32-37-42-49(3)4)48-59-53(56)45-40-35-30-25-20-17-15-14-16-18-23-28-33-38-43-50(5)7-2/h49-51H,6-48H2,1-5H3/t50?,51-/m1/s1. The van der Waals surface area contributed by atoms with Gasteiger partial charge in [-0.1, -0.05) is 259 Å². The van der Waals surface area contributed by atoms with Crippen molar-refractivity contribution in [2.75, 3.05) is 13.2 Å². The van der Waals surface area contributed by atoms with Gasteiger partial charge >= 0.3 is 17.9 Å². The number of rotatable bonds is 48. The first-order valence-corrected chi connectivity index (χ1v) is 26.8. The molecule has 0 heterocycles. The maximum atomic E-state index is 12.8. The number of hydrogen-bond acceptors (Lipinski definition) is 6. The van der Waals surface area contributed by atoms with Crippen LogP contribution in [0.5, 0.6) is 0 Å². The maximum absolute atomic E-state index is 12.8. The first-order valence-electron chi connectivity index (χ1n) is 26.8. The van der Waals surface area contributed by atoms with Gasteiger partial charge < -0.3 is 14.2 Å². The molecule has 0 amide bonds. The Hall–Kier alpha value is -1.59. The summed E-state index contributed by atoms with van der Waals surface area (Å²) in [5.74, 6) is 0.855. The summed E-state index contributed by atoms with van der Waals surface area (Å²) >= 11 is 0. The van der Waals surface area contributed by atoms with Crippen molar-refractivity contribution in [3.8, 4) is 0 Å². The number of unbranched alkanes of at least 4 members (excludes halogenated alkanes) is 32. The van der Waals surface area contributed by atoms with Gasteiger partial charge in [0.1, 0.15) is 13.2 Å². The minimum atomic E-state index is -0.762. The summed E-state index contributed by atoms with van der Waals surface area (Å²) in [5, 5.41) is 0. The fourth-order valence-electron chi connectivity index (χ4n) is 8.13. The molecule has 1 unspecified atom stereocenters. The average molecular weight is 849 g/mol. The first-order chi connectivity index (χ1) is 29.3. The Morgan fingerprint density at radius 2 is 0.633 bits per heavy atom. The van der Waals surface area contributed by atoms with Crippen LogP contribution in [0.25, 0.3) is 0 Å². The molecular formula is C54H104O6. The van der Waals surface area contributed by atoms with Crippen LogP contribution < -0.4 is 0 Å². The summed E-state index contributed by atoms with van der Waals surface area (Å²) in [6.07, 6.45) is 48.0. The summed E-state index contributed by atoms with van der Waals surface area (Å²) in [6, 6.07) is 0. The summed E-state index contributed by atoms with van der Waals surface area (Å²) in [7, 11) is 0. The van der Waals surface area contributed by atoms with E-state index in [1.54, 1.807) is 0 Å². The smallest absolute Gasteiger partial charge is 0.306 e. The van der Waals surface area contributed by atoms with Crippen molar-refractivity contribution in [1.82, 2.24) is 0 Å². The molecule has 0 aromatic rings. The minimum absolute atomic E-state index is 0.0636. The largest absolute Gasteiger partial charge is 0.462 e. The van der Waals surface area contributed by atoms with E-state index >= 15 is 0 Å². The zero-order valence-electron chi connectivity index (χ0n) is 41.1. The predicted molar refractivity (Wildman–Crippen MR) is 256 cm³/mol. The average Bonchev–Trinajstić information content (AvgIpc) is 3.23. The topological polar surface area (TPSA) is 78.9 Å². The second kappa shape index (κ2) is 46.9. The van der Waals surface area contributed by atoms with Crippen LogP contribution in [0.2, 0.25) is 0 Å². The third-order valence-electron chi connectivity index (χ3n) is 12.6. The molecule has 6 nitrogen and oxygen atoms in total. The first kappa shape index (κ1) is 58.4. The highest BCUT2D eigenvalue weighted by molar-refractivity contribution is 5.71. The van der Waals surface area contributed by atoms with E-state index in [1.165, 1.54) is 186 Å². The van der Waals surface area contributed by atoms with Gasteiger partial charge in [0.25, 0.3) is 0 Å². The molecule has 0 aromatic heterocycles. The van der Waals surface area contributed by atoms with E-state index in [-0.39, 0.29) is 31.1 Å². The quantitative estimate of drug-likeness (QED) is 0.0345. The maximum Gasteiger partial charge on any atom is 0.306 e. The van der Waals surface area contributed by atoms with Gasteiger partial charge in [0.15, 0.2) is 6.10 Å². The van der Waals surface area contributed by atoms with Gasteiger partial charge in [-0.2, -0.15) is 0 Å². The normalized spacial score (nSPS) is 12.5.